The van der Waals surface area contributed by atoms with Gasteiger partial charge in [0.05, 0.1) is 0 Å². The number of benzene rings is 20. The first-order valence-corrected chi connectivity index (χ1v) is 42.4. The maximum absolute atomic E-state index is 6.21. The third kappa shape index (κ3) is 13.5. The van der Waals surface area contributed by atoms with E-state index in [0.717, 1.165) is 143 Å². The Balaban J connectivity index is 0.000000107. The van der Waals surface area contributed by atoms with E-state index in [1.807, 2.05) is 127 Å². The van der Waals surface area contributed by atoms with Crippen LogP contribution >= 0.6 is 0 Å². The monoisotopic (exact) mass is 1620 g/mol. The highest BCUT2D eigenvalue weighted by atomic mass is 16.3. The number of nitrogens with zero attached hydrogens (tertiary/aromatic N) is 9. The summed E-state index contributed by atoms with van der Waals surface area (Å²) < 4.78 is 18.6. The van der Waals surface area contributed by atoms with Crippen molar-refractivity contribution in [1.82, 2.24) is 44.9 Å². The zero-order chi connectivity index (χ0) is 83.8. The molecule has 26 rings (SSSR count). The molecular formula is C115H69N9O3. The summed E-state index contributed by atoms with van der Waals surface area (Å²) in [7, 11) is 0. The molecule has 592 valence electrons. The first-order valence-electron chi connectivity index (χ1n) is 42.4. The zero-order valence-corrected chi connectivity index (χ0v) is 68.1. The molecule has 0 fully saturated rings. The van der Waals surface area contributed by atoms with Gasteiger partial charge < -0.3 is 13.3 Å². The number of para-hydroxylation sites is 3. The van der Waals surface area contributed by atoms with Crippen LogP contribution in [0.3, 0.4) is 0 Å². The SMILES string of the molecule is c1ccc(-c2ccc(-c3nc(-c4ccc5c(ccc6ccccc65)c4)nc(-c4cccc5oc6ccccc6c45)n3)cc2)cc1.c1ccc(-c2nc(-c3ccc4c(ccc5ccccc54)c3)nc(-c3cccc4oc5ccccc5c34)n2)cc1.c1ccc2cc(-c3nc(-c4ccc5c(ccc6ccccc65)c4)nc(-c4cccc5oc6ccccc6c45)n3)ccc2c1. The molecule has 0 saturated heterocycles. The van der Waals surface area contributed by atoms with Crippen molar-refractivity contribution in [3.05, 3.63) is 419 Å². The normalized spacial score (nSPS) is 11.6. The molecule has 6 aromatic heterocycles. The first kappa shape index (κ1) is 73.6. The molecule has 0 aliphatic carbocycles. The molecule has 0 saturated carbocycles. The van der Waals surface area contributed by atoms with E-state index in [1.54, 1.807) is 0 Å². The van der Waals surface area contributed by atoms with Crippen molar-refractivity contribution < 1.29 is 13.3 Å². The molecule has 0 aliphatic rings. The maximum Gasteiger partial charge on any atom is 0.164 e. The lowest BCUT2D eigenvalue weighted by atomic mass is 10.00. The van der Waals surface area contributed by atoms with E-state index in [9.17, 15) is 0 Å². The largest absolute Gasteiger partial charge is 0.456 e. The number of rotatable bonds is 10. The molecule has 26 aromatic rings. The minimum absolute atomic E-state index is 0.609. The van der Waals surface area contributed by atoms with Gasteiger partial charge in [-0.1, -0.05) is 358 Å². The van der Waals surface area contributed by atoms with E-state index < -0.39 is 0 Å². The van der Waals surface area contributed by atoms with E-state index in [2.05, 4.69) is 291 Å². The average molecular weight is 1620 g/mol. The Hall–Kier alpha value is -17.4. The highest BCUT2D eigenvalue weighted by Crippen LogP contribution is 2.43. The Morgan fingerprint density at radius 1 is 0.126 bits per heavy atom. The molecule has 0 unspecified atom stereocenters. The third-order valence-electron chi connectivity index (χ3n) is 24.1. The number of fused-ring (bicyclic) bond motifs is 19. The van der Waals surface area contributed by atoms with Crippen molar-refractivity contribution in [2.24, 2.45) is 0 Å². The van der Waals surface area contributed by atoms with Gasteiger partial charge in [0, 0.05) is 82.4 Å². The van der Waals surface area contributed by atoms with E-state index in [1.165, 1.54) is 59.4 Å². The molecule has 0 amide bonds. The van der Waals surface area contributed by atoms with Crippen LogP contribution < -0.4 is 0 Å². The minimum Gasteiger partial charge on any atom is -0.456 e. The first-order chi connectivity index (χ1) is 62.9. The average Bonchev–Trinajstić information content (AvgIpc) is 1.66. The predicted octanol–water partition coefficient (Wildman–Crippen LogP) is 30.1. The van der Waals surface area contributed by atoms with Crippen LogP contribution in [0.15, 0.2) is 432 Å². The van der Waals surface area contributed by atoms with Gasteiger partial charge in [-0.05, 0) is 147 Å². The molecule has 127 heavy (non-hydrogen) atoms. The Morgan fingerprint density at radius 2 is 0.354 bits per heavy atom. The summed E-state index contributed by atoms with van der Waals surface area (Å²) >= 11 is 0. The highest BCUT2D eigenvalue weighted by molar-refractivity contribution is 6.16. The summed E-state index contributed by atoms with van der Waals surface area (Å²) in [4.78, 5) is 45.5. The van der Waals surface area contributed by atoms with E-state index in [4.69, 9.17) is 58.1 Å². The Bertz CT molecular complexity index is 8870. The fourth-order valence-electron chi connectivity index (χ4n) is 18.0. The third-order valence-corrected chi connectivity index (χ3v) is 24.1. The topological polar surface area (TPSA) is 155 Å². The second-order valence-electron chi connectivity index (χ2n) is 31.8. The maximum atomic E-state index is 6.21. The van der Waals surface area contributed by atoms with Gasteiger partial charge in [-0.25, -0.2) is 44.9 Å². The quantitative estimate of drug-likeness (QED) is 0.120. The molecule has 12 heteroatoms. The molecule has 0 spiro atoms. The highest BCUT2D eigenvalue weighted by Gasteiger charge is 2.24. The lowest BCUT2D eigenvalue weighted by Gasteiger charge is -2.11. The molecule has 0 N–H and O–H groups in total. The van der Waals surface area contributed by atoms with Gasteiger partial charge in [0.15, 0.2) is 52.4 Å². The second kappa shape index (κ2) is 31.0. The summed E-state index contributed by atoms with van der Waals surface area (Å²) in [5.74, 6) is 5.64. The van der Waals surface area contributed by atoms with Crippen LogP contribution in [-0.4, -0.2) is 44.9 Å². The van der Waals surface area contributed by atoms with Gasteiger partial charge in [-0.2, -0.15) is 0 Å². The number of hydrogen-bond donors (Lipinski definition) is 0. The minimum atomic E-state index is 0.609. The molecule has 0 radical (unpaired) electrons. The lowest BCUT2D eigenvalue weighted by molar-refractivity contribution is 0.668. The van der Waals surface area contributed by atoms with Gasteiger partial charge in [0.2, 0.25) is 0 Å². The van der Waals surface area contributed by atoms with Crippen molar-refractivity contribution in [3.8, 4) is 114 Å². The van der Waals surface area contributed by atoms with Gasteiger partial charge in [-0.15, -0.1) is 0 Å². The van der Waals surface area contributed by atoms with Crippen molar-refractivity contribution >= 4 is 141 Å². The zero-order valence-electron chi connectivity index (χ0n) is 68.1. The Morgan fingerprint density at radius 3 is 0.732 bits per heavy atom. The summed E-state index contributed by atoms with van der Waals surface area (Å²) in [6, 6.07) is 144. The Kier molecular flexibility index (Phi) is 17.9. The molecule has 12 nitrogen and oxygen atoms in total. The predicted molar refractivity (Wildman–Crippen MR) is 518 cm³/mol. The van der Waals surface area contributed by atoms with Crippen LogP contribution in [0.1, 0.15) is 0 Å². The van der Waals surface area contributed by atoms with E-state index >= 15 is 0 Å². The van der Waals surface area contributed by atoms with Gasteiger partial charge in [0.1, 0.15) is 33.5 Å². The summed E-state index contributed by atoms with van der Waals surface area (Å²) in [6.07, 6.45) is 0. The number of hydrogen-bond acceptors (Lipinski definition) is 12. The van der Waals surface area contributed by atoms with Crippen molar-refractivity contribution in [2.45, 2.75) is 0 Å². The lowest BCUT2D eigenvalue weighted by Crippen LogP contribution is -2.00. The summed E-state index contributed by atoms with van der Waals surface area (Å²) in [5, 5.41) is 22.9. The van der Waals surface area contributed by atoms with Gasteiger partial charge >= 0.3 is 0 Å². The van der Waals surface area contributed by atoms with Gasteiger partial charge in [0.25, 0.3) is 0 Å². The van der Waals surface area contributed by atoms with E-state index in [-0.39, 0.29) is 0 Å². The fourth-order valence-corrected chi connectivity index (χ4v) is 18.0. The van der Waals surface area contributed by atoms with Crippen LogP contribution in [0.5, 0.6) is 0 Å². The standard InChI is InChI=1S/C41H25N3O.C39H23N3O.C35H21N3O/c1-2-9-26(10-3-1)27-17-20-29(21-18-27)39-42-40(31-23-24-33-30(25-31)22-19-28-11-4-5-12-32(28)33)44-41(43-39)35-14-8-16-37-38(35)34-13-6-7-15-36(34)45-37;1-2-10-26-22-28(19-16-24(26)8-1)37-40-38(29-20-21-31-27(23-29)18-17-25-9-3-4-11-30(25)31)42-39(41-37)33-13-7-15-35-36(33)32-12-5-6-14-34(32)43-35;1-2-10-23(11-3-1)33-36-34(25-19-20-27-24(21-25)18-17-22-9-4-5-12-26(22)27)38-35(37-33)29-14-8-16-31-32(29)28-13-6-7-15-30(28)39-31/h1-25H;1-23H;1-21H. The van der Waals surface area contributed by atoms with Crippen molar-refractivity contribution in [1.29, 1.82) is 0 Å². The summed E-state index contributed by atoms with van der Waals surface area (Å²) in [5.41, 5.74) is 15.7. The van der Waals surface area contributed by atoms with E-state index in [0.29, 0.717) is 52.4 Å². The van der Waals surface area contributed by atoms with Crippen molar-refractivity contribution in [3.63, 3.8) is 0 Å². The second-order valence-corrected chi connectivity index (χ2v) is 31.8. The van der Waals surface area contributed by atoms with Crippen LogP contribution in [0.25, 0.3) is 255 Å². The van der Waals surface area contributed by atoms with Crippen molar-refractivity contribution in [2.75, 3.05) is 0 Å². The number of aromatic nitrogens is 9. The van der Waals surface area contributed by atoms with Crippen LogP contribution in [-0.2, 0) is 0 Å². The molecule has 20 aromatic carbocycles. The summed E-state index contributed by atoms with van der Waals surface area (Å²) in [6.45, 7) is 0. The van der Waals surface area contributed by atoms with Crippen LogP contribution in [0.4, 0.5) is 0 Å². The molecule has 0 bridgehead atoms. The number of furan rings is 3. The smallest absolute Gasteiger partial charge is 0.164 e. The Labute approximate surface area is 726 Å². The molecule has 6 heterocycles. The molecule has 0 aliphatic heterocycles. The fraction of sp³-hybridized carbons (Fsp3) is 0. The van der Waals surface area contributed by atoms with Gasteiger partial charge in [-0.3, -0.25) is 0 Å². The van der Waals surface area contributed by atoms with Crippen LogP contribution in [0, 0.1) is 0 Å². The molecular weight excluding hydrogens is 1560 g/mol. The van der Waals surface area contributed by atoms with Crippen LogP contribution in [0.2, 0.25) is 0 Å². The molecule has 0 atom stereocenters.